The van der Waals surface area contributed by atoms with Gasteiger partial charge in [0.2, 0.25) is 0 Å². The van der Waals surface area contributed by atoms with Gasteiger partial charge in [-0.15, -0.1) is 0 Å². The highest BCUT2D eigenvalue weighted by atomic mass is 35.5. The molecule has 0 aromatic heterocycles. The normalized spacial score (nSPS) is 21.4. The first-order chi connectivity index (χ1) is 9.24. The van der Waals surface area contributed by atoms with Gasteiger partial charge in [-0.3, -0.25) is 0 Å². The van der Waals surface area contributed by atoms with Crippen molar-refractivity contribution < 1.29 is 0 Å². The first kappa shape index (κ1) is 12.7. The number of rotatable bonds is 4. The summed E-state index contributed by atoms with van der Waals surface area (Å²) in [5, 5.41) is 4.47. The van der Waals surface area contributed by atoms with E-state index in [2.05, 4.69) is 53.8 Å². The van der Waals surface area contributed by atoms with E-state index < -0.39 is 0 Å². The van der Waals surface area contributed by atoms with Crippen molar-refractivity contribution in [2.45, 2.75) is 31.8 Å². The molecule has 1 aliphatic rings. The van der Waals surface area contributed by atoms with E-state index in [1.165, 1.54) is 17.5 Å². The Morgan fingerprint density at radius 1 is 1.16 bits per heavy atom. The van der Waals surface area contributed by atoms with Gasteiger partial charge in [-0.25, -0.2) is 0 Å². The molecular formula is C17H18ClN. The Morgan fingerprint density at radius 3 is 2.68 bits per heavy atom. The fourth-order valence-corrected chi connectivity index (χ4v) is 2.69. The minimum Gasteiger partial charge on any atom is -0.309 e. The van der Waals surface area contributed by atoms with Crippen LogP contribution in [-0.2, 0) is 6.54 Å². The van der Waals surface area contributed by atoms with Crippen molar-refractivity contribution >= 4 is 11.6 Å². The molecule has 0 amide bonds. The van der Waals surface area contributed by atoms with Gasteiger partial charge >= 0.3 is 0 Å². The Hall–Kier alpha value is -1.31. The summed E-state index contributed by atoms with van der Waals surface area (Å²) in [5.41, 5.74) is 3.84. The minimum absolute atomic E-state index is 0.613. The van der Waals surface area contributed by atoms with E-state index in [9.17, 15) is 0 Å². The van der Waals surface area contributed by atoms with E-state index in [0.717, 1.165) is 17.1 Å². The van der Waals surface area contributed by atoms with Crippen molar-refractivity contribution in [3.63, 3.8) is 0 Å². The van der Waals surface area contributed by atoms with Gasteiger partial charge in [-0.2, -0.15) is 0 Å². The maximum atomic E-state index is 6.14. The summed E-state index contributed by atoms with van der Waals surface area (Å²) in [7, 11) is 0. The third kappa shape index (κ3) is 2.99. The van der Waals surface area contributed by atoms with Crippen molar-refractivity contribution in [2.75, 3.05) is 0 Å². The molecule has 0 bridgehead atoms. The molecule has 0 heterocycles. The van der Waals surface area contributed by atoms with Crippen molar-refractivity contribution in [2.24, 2.45) is 0 Å². The second kappa shape index (κ2) is 5.36. The molecular weight excluding hydrogens is 254 g/mol. The molecule has 2 heteroatoms. The predicted molar refractivity (Wildman–Crippen MR) is 80.6 cm³/mol. The zero-order valence-corrected chi connectivity index (χ0v) is 11.8. The van der Waals surface area contributed by atoms with Crippen LogP contribution in [0.15, 0.2) is 48.5 Å². The highest BCUT2D eigenvalue weighted by Crippen LogP contribution is 2.40. The Labute approximate surface area is 119 Å². The molecule has 19 heavy (non-hydrogen) atoms. The molecule has 1 saturated carbocycles. The molecule has 0 unspecified atom stereocenters. The summed E-state index contributed by atoms with van der Waals surface area (Å²) >= 11 is 6.14. The SMILES string of the molecule is Cc1ccc(CN[C@H]2C[C@@H]2c2ccccc2)cc1Cl. The van der Waals surface area contributed by atoms with Crippen LogP contribution in [0.2, 0.25) is 5.02 Å². The quantitative estimate of drug-likeness (QED) is 0.875. The lowest BCUT2D eigenvalue weighted by Crippen LogP contribution is -2.17. The number of hydrogen-bond acceptors (Lipinski definition) is 1. The van der Waals surface area contributed by atoms with Gasteiger partial charge in [-0.1, -0.05) is 54.1 Å². The smallest absolute Gasteiger partial charge is 0.0438 e. The second-order valence-corrected chi connectivity index (χ2v) is 5.73. The number of aryl methyl sites for hydroxylation is 1. The molecule has 2 aromatic rings. The van der Waals surface area contributed by atoms with Crippen LogP contribution in [0, 0.1) is 6.92 Å². The van der Waals surface area contributed by atoms with Crippen LogP contribution in [0.1, 0.15) is 29.0 Å². The summed E-state index contributed by atoms with van der Waals surface area (Å²) in [5.74, 6) is 0.683. The molecule has 0 radical (unpaired) electrons. The van der Waals surface area contributed by atoms with E-state index in [1.54, 1.807) is 0 Å². The number of nitrogens with one attached hydrogen (secondary N) is 1. The zero-order valence-electron chi connectivity index (χ0n) is 11.1. The molecule has 2 aromatic carbocycles. The Bertz CT molecular complexity index is 565. The zero-order chi connectivity index (χ0) is 13.2. The van der Waals surface area contributed by atoms with E-state index in [0.29, 0.717) is 12.0 Å². The van der Waals surface area contributed by atoms with Gasteiger partial charge in [0.15, 0.2) is 0 Å². The van der Waals surface area contributed by atoms with Crippen LogP contribution < -0.4 is 5.32 Å². The average Bonchev–Trinajstić information content (AvgIpc) is 3.21. The van der Waals surface area contributed by atoms with Gasteiger partial charge < -0.3 is 5.32 Å². The predicted octanol–water partition coefficient (Wildman–Crippen LogP) is 4.29. The maximum Gasteiger partial charge on any atom is 0.0438 e. The summed E-state index contributed by atoms with van der Waals surface area (Å²) < 4.78 is 0. The molecule has 0 aliphatic heterocycles. The Morgan fingerprint density at radius 2 is 1.95 bits per heavy atom. The fraction of sp³-hybridized carbons (Fsp3) is 0.294. The van der Waals surface area contributed by atoms with Gasteiger partial charge in [0.25, 0.3) is 0 Å². The molecule has 1 nitrogen and oxygen atoms in total. The second-order valence-electron chi connectivity index (χ2n) is 5.32. The van der Waals surface area contributed by atoms with E-state index in [-0.39, 0.29) is 0 Å². The third-order valence-electron chi connectivity index (χ3n) is 3.82. The lowest BCUT2D eigenvalue weighted by Gasteiger charge is -2.06. The van der Waals surface area contributed by atoms with E-state index in [1.807, 2.05) is 6.92 Å². The van der Waals surface area contributed by atoms with Gasteiger partial charge in [-0.05, 0) is 36.1 Å². The largest absolute Gasteiger partial charge is 0.309 e. The fourth-order valence-electron chi connectivity index (χ4n) is 2.48. The van der Waals surface area contributed by atoms with Crippen LogP contribution in [0.5, 0.6) is 0 Å². The van der Waals surface area contributed by atoms with Crippen molar-refractivity contribution in [3.05, 3.63) is 70.2 Å². The lowest BCUT2D eigenvalue weighted by atomic mass is 10.1. The summed E-state index contributed by atoms with van der Waals surface area (Å²) in [6.45, 7) is 2.93. The maximum absolute atomic E-state index is 6.14. The number of halogens is 1. The highest BCUT2D eigenvalue weighted by Gasteiger charge is 2.37. The summed E-state index contributed by atoms with van der Waals surface area (Å²) in [6, 6.07) is 17.6. The molecule has 98 valence electrons. The highest BCUT2D eigenvalue weighted by molar-refractivity contribution is 6.31. The Kier molecular flexibility index (Phi) is 3.58. The lowest BCUT2D eigenvalue weighted by molar-refractivity contribution is 0.672. The Balaban J connectivity index is 1.56. The summed E-state index contributed by atoms with van der Waals surface area (Å²) in [4.78, 5) is 0. The first-order valence-corrected chi connectivity index (χ1v) is 7.15. The molecule has 1 N–H and O–H groups in total. The molecule has 0 spiro atoms. The van der Waals surface area contributed by atoms with Gasteiger partial charge in [0, 0.05) is 23.5 Å². The van der Waals surface area contributed by atoms with Crippen LogP contribution in [0.25, 0.3) is 0 Å². The van der Waals surface area contributed by atoms with Crippen molar-refractivity contribution in [3.8, 4) is 0 Å². The monoisotopic (exact) mass is 271 g/mol. The molecule has 1 fully saturated rings. The van der Waals surface area contributed by atoms with Gasteiger partial charge in [0.1, 0.15) is 0 Å². The molecule has 3 rings (SSSR count). The average molecular weight is 272 g/mol. The van der Waals surface area contributed by atoms with Crippen LogP contribution in [0.4, 0.5) is 0 Å². The van der Waals surface area contributed by atoms with E-state index in [4.69, 9.17) is 11.6 Å². The minimum atomic E-state index is 0.613. The molecule has 1 aliphatic carbocycles. The first-order valence-electron chi connectivity index (χ1n) is 6.77. The van der Waals surface area contributed by atoms with Crippen molar-refractivity contribution in [1.29, 1.82) is 0 Å². The third-order valence-corrected chi connectivity index (χ3v) is 4.23. The molecule has 2 atom stereocenters. The van der Waals surface area contributed by atoms with Crippen LogP contribution in [0.3, 0.4) is 0 Å². The van der Waals surface area contributed by atoms with E-state index >= 15 is 0 Å². The summed E-state index contributed by atoms with van der Waals surface area (Å²) in [6.07, 6.45) is 1.24. The van der Waals surface area contributed by atoms with Gasteiger partial charge in [0.05, 0.1) is 0 Å². The standard InChI is InChI=1S/C17H18ClN/c1-12-7-8-13(9-16(12)18)11-19-17-10-15(17)14-5-3-2-4-6-14/h2-9,15,17,19H,10-11H2,1H3/t15-,17+/m1/s1. The number of benzene rings is 2. The van der Waals surface area contributed by atoms with Crippen molar-refractivity contribution in [1.82, 2.24) is 5.32 Å². The van der Waals surface area contributed by atoms with Crippen LogP contribution >= 0.6 is 11.6 Å². The van der Waals surface area contributed by atoms with Crippen LogP contribution in [-0.4, -0.2) is 6.04 Å². The molecule has 0 saturated heterocycles. The topological polar surface area (TPSA) is 12.0 Å². The number of hydrogen-bond donors (Lipinski definition) is 1.